The predicted molar refractivity (Wildman–Crippen MR) is 113 cm³/mol. The lowest BCUT2D eigenvalue weighted by Crippen LogP contribution is -2.46. The van der Waals surface area contributed by atoms with Crippen molar-refractivity contribution >= 4 is 17.3 Å². The van der Waals surface area contributed by atoms with Gasteiger partial charge in [0.1, 0.15) is 5.82 Å². The first-order chi connectivity index (χ1) is 13.7. The van der Waals surface area contributed by atoms with Crippen LogP contribution in [0.2, 0.25) is 0 Å². The highest BCUT2D eigenvalue weighted by molar-refractivity contribution is 7.10. The zero-order chi connectivity index (χ0) is 19.8. The van der Waals surface area contributed by atoms with E-state index in [2.05, 4.69) is 40.8 Å². The van der Waals surface area contributed by atoms with Gasteiger partial charge in [0.2, 0.25) is 0 Å². The Bertz CT molecular complexity index is 756. The number of ether oxygens (including phenoxy) is 1. The summed E-state index contributed by atoms with van der Waals surface area (Å²) in [6.07, 6.45) is 0. The smallest absolute Gasteiger partial charge is 0.191 e. The molecule has 1 unspecified atom stereocenters. The lowest BCUT2D eigenvalue weighted by Gasteiger charge is -2.35. The van der Waals surface area contributed by atoms with Crippen molar-refractivity contribution in [2.45, 2.75) is 26.4 Å². The van der Waals surface area contributed by atoms with Crippen molar-refractivity contribution in [3.05, 3.63) is 57.5 Å². The molecule has 2 aromatic rings. The number of hydrogen-bond donors (Lipinski definition) is 2. The summed E-state index contributed by atoms with van der Waals surface area (Å²) in [4.78, 5) is 8.41. The number of aliphatic imine (C=N–C) groups is 1. The molecular weight excluding hydrogens is 375 g/mol. The molecule has 1 aromatic carbocycles. The Morgan fingerprint density at radius 3 is 2.61 bits per heavy atom. The van der Waals surface area contributed by atoms with Gasteiger partial charge in [0.15, 0.2) is 5.96 Å². The molecule has 0 radical (unpaired) electrons. The van der Waals surface area contributed by atoms with Crippen LogP contribution in [-0.4, -0.2) is 50.3 Å². The lowest BCUT2D eigenvalue weighted by atomic mass is 10.0. The van der Waals surface area contributed by atoms with Crippen molar-refractivity contribution in [1.29, 1.82) is 0 Å². The minimum atomic E-state index is -0.210. The van der Waals surface area contributed by atoms with E-state index in [1.54, 1.807) is 11.3 Å². The normalized spacial score (nSPS) is 16.8. The van der Waals surface area contributed by atoms with Crippen LogP contribution in [0.25, 0.3) is 0 Å². The summed E-state index contributed by atoms with van der Waals surface area (Å²) in [6, 6.07) is 9.06. The molecule has 1 aliphatic rings. The molecule has 7 heteroatoms. The number of nitrogens with one attached hydrogen (secondary N) is 2. The summed E-state index contributed by atoms with van der Waals surface area (Å²) in [5.41, 5.74) is 2.38. The zero-order valence-corrected chi connectivity index (χ0v) is 17.4. The van der Waals surface area contributed by atoms with E-state index in [-0.39, 0.29) is 11.9 Å². The van der Waals surface area contributed by atoms with Crippen LogP contribution in [0.4, 0.5) is 4.39 Å². The molecule has 0 spiro atoms. The van der Waals surface area contributed by atoms with Crippen LogP contribution in [0.15, 0.2) is 40.7 Å². The molecule has 28 heavy (non-hydrogen) atoms. The fourth-order valence-electron chi connectivity index (χ4n) is 3.28. The van der Waals surface area contributed by atoms with Crippen molar-refractivity contribution in [2.24, 2.45) is 4.99 Å². The van der Waals surface area contributed by atoms with Crippen LogP contribution >= 0.6 is 11.3 Å². The fourth-order valence-corrected chi connectivity index (χ4v) is 4.11. The molecule has 0 saturated carbocycles. The third-order valence-electron chi connectivity index (χ3n) is 4.90. The standard InChI is InChI=1S/C21H29FN4OS/c1-3-23-21(25-15-20-16(2)8-13-28-20)24-14-19(26-9-11-27-12-10-26)17-4-6-18(22)7-5-17/h4-8,13,19H,3,9-12,14-15H2,1-2H3,(H2,23,24,25). The summed E-state index contributed by atoms with van der Waals surface area (Å²) in [5.74, 6) is 0.592. The van der Waals surface area contributed by atoms with Gasteiger partial charge in [-0.15, -0.1) is 11.3 Å². The van der Waals surface area contributed by atoms with E-state index >= 15 is 0 Å². The van der Waals surface area contributed by atoms with Gasteiger partial charge in [-0.05, 0) is 48.6 Å². The Morgan fingerprint density at radius 1 is 1.21 bits per heavy atom. The number of benzene rings is 1. The quantitative estimate of drug-likeness (QED) is 0.549. The Morgan fingerprint density at radius 2 is 1.96 bits per heavy atom. The van der Waals surface area contributed by atoms with Crippen LogP contribution in [-0.2, 0) is 11.3 Å². The second kappa shape index (κ2) is 10.5. The van der Waals surface area contributed by atoms with Gasteiger partial charge in [0.25, 0.3) is 0 Å². The van der Waals surface area contributed by atoms with Gasteiger partial charge in [-0.1, -0.05) is 12.1 Å². The minimum Gasteiger partial charge on any atom is -0.379 e. The maximum absolute atomic E-state index is 13.4. The van der Waals surface area contributed by atoms with Gasteiger partial charge in [0.05, 0.1) is 25.8 Å². The molecule has 5 nitrogen and oxygen atoms in total. The van der Waals surface area contributed by atoms with E-state index in [1.165, 1.54) is 22.6 Å². The minimum absolute atomic E-state index is 0.136. The molecule has 1 fully saturated rings. The summed E-state index contributed by atoms with van der Waals surface area (Å²) in [5, 5.41) is 8.90. The Kier molecular flexibility index (Phi) is 7.82. The van der Waals surface area contributed by atoms with Crippen LogP contribution in [0.1, 0.15) is 29.0 Å². The number of guanidine groups is 1. The summed E-state index contributed by atoms with van der Waals surface area (Å²) in [6.45, 7) is 9.52. The second-order valence-corrected chi connectivity index (χ2v) is 7.82. The number of thiophene rings is 1. The molecule has 1 aliphatic heterocycles. The summed E-state index contributed by atoms with van der Waals surface area (Å²) < 4.78 is 18.9. The first-order valence-electron chi connectivity index (χ1n) is 9.79. The van der Waals surface area contributed by atoms with Crippen molar-refractivity contribution in [1.82, 2.24) is 15.5 Å². The average Bonchev–Trinajstić information content (AvgIpc) is 3.13. The lowest BCUT2D eigenvalue weighted by molar-refractivity contribution is 0.0170. The van der Waals surface area contributed by atoms with E-state index < -0.39 is 0 Å². The predicted octanol–water partition coefficient (Wildman–Crippen LogP) is 3.32. The molecule has 3 rings (SSSR count). The third kappa shape index (κ3) is 5.77. The van der Waals surface area contributed by atoms with Gasteiger partial charge in [-0.2, -0.15) is 0 Å². The maximum Gasteiger partial charge on any atom is 0.191 e. The molecule has 0 aliphatic carbocycles. The van der Waals surface area contributed by atoms with E-state index in [9.17, 15) is 4.39 Å². The van der Waals surface area contributed by atoms with E-state index in [0.717, 1.165) is 44.4 Å². The number of morpholine rings is 1. The van der Waals surface area contributed by atoms with Crippen LogP contribution in [0.3, 0.4) is 0 Å². The van der Waals surface area contributed by atoms with Gasteiger partial charge in [-0.3, -0.25) is 4.90 Å². The van der Waals surface area contributed by atoms with Gasteiger partial charge in [-0.25, -0.2) is 9.38 Å². The average molecular weight is 405 g/mol. The zero-order valence-electron chi connectivity index (χ0n) is 16.6. The highest BCUT2D eigenvalue weighted by Crippen LogP contribution is 2.22. The molecule has 1 aromatic heterocycles. The van der Waals surface area contributed by atoms with E-state index in [0.29, 0.717) is 13.1 Å². The van der Waals surface area contributed by atoms with Crippen LogP contribution in [0, 0.1) is 12.7 Å². The fraction of sp³-hybridized carbons (Fsp3) is 0.476. The molecule has 152 valence electrons. The monoisotopic (exact) mass is 404 g/mol. The molecule has 2 heterocycles. The van der Waals surface area contributed by atoms with Crippen molar-refractivity contribution in [2.75, 3.05) is 39.4 Å². The van der Waals surface area contributed by atoms with Gasteiger partial charge < -0.3 is 15.4 Å². The molecular formula is C21H29FN4OS. The maximum atomic E-state index is 13.4. The first kappa shape index (κ1) is 20.8. The van der Waals surface area contributed by atoms with Crippen molar-refractivity contribution < 1.29 is 9.13 Å². The number of rotatable bonds is 7. The Labute approximate surface area is 170 Å². The summed E-state index contributed by atoms with van der Waals surface area (Å²) in [7, 11) is 0. The van der Waals surface area contributed by atoms with Crippen LogP contribution in [0.5, 0.6) is 0 Å². The van der Waals surface area contributed by atoms with Gasteiger partial charge in [0, 0.05) is 31.1 Å². The first-order valence-corrected chi connectivity index (χ1v) is 10.7. The topological polar surface area (TPSA) is 48.9 Å². The van der Waals surface area contributed by atoms with Crippen molar-refractivity contribution in [3.63, 3.8) is 0 Å². The SMILES string of the molecule is CCNC(=NCc1sccc1C)NCC(c1ccc(F)cc1)N1CCOCC1. The number of nitrogens with zero attached hydrogens (tertiary/aromatic N) is 2. The molecule has 1 saturated heterocycles. The van der Waals surface area contributed by atoms with Crippen LogP contribution < -0.4 is 10.6 Å². The number of hydrogen-bond acceptors (Lipinski definition) is 4. The highest BCUT2D eigenvalue weighted by Gasteiger charge is 2.23. The number of aryl methyl sites for hydroxylation is 1. The largest absolute Gasteiger partial charge is 0.379 e. The second-order valence-electron chi connectivity index (χ2n) is 6.82. The third-order valence-corrected chi connectivity index (χ3v) is 5.91. The molecule has 2 N–H and O–H groups in total. The molecule has 0 bridgehead atoms. The molecule has 1 atom stereocenters. The van der Waals surface area contributed by atoms with Gasteiger partial charge >= 0.3 is 0 Å². The Balaban J connectivity index is 1.70. The molecule has 0 amide bonds. The Hall–Kier alpha value is -1.96. The van der Waals surface area contributed by atoms with E-state index in [4.69, 9.17) is 9.73 Å². The van der Waals surface area contributed by atoms with E-state index in [1.807, 2.05) is 12.1 Å². The number of halogens is 1. The summed E-state index contributed by atoms with van der Waals surface area (Å²) >= 11 is 1.73. The highest BCUT2D eigenvalue weighted by atomic mass is 32.1. The van der Waals surface area contributed by atoms with Crippen molar-refractivity contribution in [3.8, 4) is 0 Å².